The highest BCUT2D eigenvalue weighted by molar-refractivity contribution is 7.80. The van der Waals surface area contributed by atoms with Gasteiger partial charge in [-0.2, -0.15) is 0 Å². The van der Waals surface area contributed by atoms with Crippen molar-refractivity contribution in [3.63, 3.8) is 0 Å². The van der Waals surface area contributed by atoms with Gasteiger partial charge in [0.1, 0.15) is 0 Å². The number of hydrogen-bond acceptors (Lipinski definition) is 7. The molecule has 9 nitrogen and oxygen atoms in total. The molecule has 140 valence electrons. The molecule has 1 N–H and O–H groups in total. The van der Waals surface area contributed by atoms with Crippen molar-refractivity contribution in [2.75, 3.05) is 20.3 Å². The molecule has 0 saturated carbocycles. The van der Waals surface area contributed by atoms with Crippen molar-refractivity contribution in [1.82, 2.24) is 20.4 Å². The summed E-state index contributed by atoms with van der Waals surface area (Å²) in [6.45, 7) is 5.54. The third-order valence-electron chi connectivity index (χ3n) is 3.56. The van der Waals surface area contributed by atoms with Crippen LogP contribution in [0.1, 0.15) is 19.7 Å². The summed E-state index contributed by atoms with van der Waals surface area (Å²) in [5.41, 5.74) is 0.623. The van der Waals surface area contributed by atoms with Crippen molar-refractivity contribution < 1.29 is 14.1 Å². The van der Waals surface area contributed by atoms with E-state index >= 15 is 0 Å². The van der Waals surface area contributed by atoms with Gasteiger partial charge in [-0.15, -0.1) is 10.2 Å². The van der Waals surface area contributed by atoms with Crippen LogP contribution in [0.3, 0.4) is 0 Å². The van der Waals surface area contributed by atoms with Crippen LogP contribution in [0.5, 0.6) is 0 Å². The second kappa shape index (κ2) is 9.20. The first kappa shape index (κ1) is 19.7. The molecule has 1 aromatic carbocycles. The third kappa shape index (κ3) is 5.20. The minimum Gasteiger partial charge on any atom is -0.419 e. The molecule has 26 heavy (non-hydrogen) atoms. The van der Waals surface area contributed by atoms with Gasteiger partial charge in [-0.05, 0) is 38.2 Å². The number of hydrogen-bond donors (Lipinski definition) is 1. The molecule has 0 atom stereocenters. The van der Waals surface area contributed by atoms with Crippen molar-refractivity contribution in [3.8, 4) is 11.5 Å². The van der Waals surface area contributed by atoms with Crippen LogP contribution in [0.15, 0.2) is 28.7 Å². The molecule has 1 aromatic heterocycles. The molecule has 0 fully saturated rings. The Kier molecular flexibility index (Phi) is 6.98. The molecular weight excluding hydrogens is 358 g/mol. The lowest BCUT2D eigenvalue weighted by Crippen LogP contribution is -2.44. The van der Waals surface area contributed by atoms with E-state index in [1.54, 1.807) is 19.2 Å². The van der Waals surface area contributed by atoms with Gasteiger partial charge in [0.05, 0.1) is 18.1 Å². The standard InChI is InChI=1S/C16H21N5O4S/c1-11(2)20(16(26)17-8-9-24-3)10-14-18-19-15(25-14)12-4-6-13(7-5-12)21(22)23/h4-7,11H,8-10H2,1-3H3,(H,17,26). The first-order valence-electron chi connectivity index (χ1n) is 8.03. The Labute approximate surface area is 156 Å². The maximum atomic E-state index is 10.7. The normalized spacial score (nSPS) is 10.8. The molecule has 2 aromatic rings. The van der Waals surface area contributed by atoms with Crippen molar-refractivity contribution in [1.29, 1.82) is 0 Å². The van der Waals surface area contributed by atoms with E-state index in [0.29, 0.717) is 42.2 Å². The zero-order valence-corrected chi connectivity index (χ0v) is 15.7. The largest absolute Gasteiger partial charge is 0.419 e. The summed E-state index contributed by atoms with van der Waals surface area (Å²) in [5.74, 6) is 0.708. The summed E-state index contributed by atoms with van der Waals surface area (Å²) in [5, 5.41) is 22.5. The number of non-ortho nitro benzene ring substituents is 1. The Morgan fingerprint density at radius 2 is 2.08 bits per heavy atom. The summed E-state index contributed by atoms with van der Waals surface area (Å²) in [6, 6.07) is 6.08. The van der Waals surface area contributed by atoms with E-state index < -0.39 is 4.92 Å². The van der Waals surface area contributed by atoms with Gasteiger partial charge in [-0.1, -0.05) is 0 Å². The van der Waals surface area contributed by atoms with E-state index in [1.807, 2.05) is 18.7 Å². The molecule has 0 amide bonds. The van der Waals surface area contributed by atoms with E-state index in [9.17, 15) is 10.1 Å². The van der Waals surface area contributed by atoms with Crippen molar-refractivity contribution >= 4 is 23.0 Å². The van der Waals surface area contributed by atoms with Crippen LogP contribution in [-0.2, 0) is 11.3 Å². The highest BCUT2D eigenvalue weighted by atomic mass is 32.1. The van der Waals surface area contributed by atoms with Crippen LogP contribution < -0.4 is 5.32 Å². The topological polar surface area (TPSA) is 107 Å². The molecule has 0 bridgehead atoms. The molecule has 1 heterocycles. The highest BCUT2D eigenvalue weighted by Crippen LogP contribution is 2.21. The smallest absolute Gasteiger partial charge is 0.269 e. The summed E-state index contributed by atoms with van der Waals surface area (Å²) >= 11 is 5.41. The molecule has 0 aliphatic heterocycles. The number of nitro groups is 1. The van der Waals surface area contributed by atoms with Crippen LogP contribution in [0.25, 0.3) is 11.5 Å². The maximum absolute atomic E-state index is 10.7. The number of thiocarbonyl (C=S) groups is 1. The first-order chi connectivity index (χ1) is 12.4. The lowest BCUT2D eigenvalue weighted by Gasteiger charge is -2.28. The van der Waals surface area contributed by atoms with Gasteiger partial charge < -0.3 is 19.4 Å². The van der Waals surface area contributed by atoms with Gasteiger partial charge >= 0.3 is 0 Å². The monoisotopic (exact) mass is 379 g/mol. The zero-order chi connectivity index (χ0) is 19.1. The Bertz CT molecular complexity index is 747. The minimum absolute atomic E-state index is 0.00644. The Morgan fingerprint density at radius 1 is 1.38 bits per heavy atom. The molecule has 0 spiro atoms. The predicted octanol–water partition coefficient (Wildman–Crippen LogP) is 2.38. The van der Waals surface area contributed by atoms with E-state index in [0.717, 1.165) is 0 Å². The summed E-state index contributed by atoms with van der Waals surface area (Å²) in [6.07, 6.45) is 0. The summed E-state index contributed by atoms with van der Waals surface area (Å²) in [7, 11) is 1.63. The lowest BCUT2D eigenvalue weighted by molar-refractivity contribution is -0.384. The van der Waals surface area contributed by atoms with Crippen LogP contribution in [-0.4, -0.2) is 51.4 Å². The number of rotatable bonds is 8. The zero-order valence-electron chi connectivity index (χ0n) is 14.8. The number of ether oxygens (including phenoxy) is 1. The molecule has 0 radical (unpaired) electrons. The minimum atomic E-state index is -0.457. The average molecular weight is 379 g/mol. The second-order valence-corrected chi connectivity index (χ2v) is 6.14. The van der Waals surface area contributed by atoms with Gasteiger partial charge in [0.2, 0.25) is 11.8 Å². The number of benzene rings is 1. The second-order valence-electron chi connectivity index (χ2n) is 5.75. The molecule has 0 unspecified atom stereocenters. The van der Waals surface area contributed by atoms with Gasteiger partial charge in [-0.3, -0.25) is 10.1 Å². The van der Waals surface area contributed by atoms with Gasteiger partial charge in [0.15, 0.2) is 5.11 Å². The SMILES string of the molecule is COCCNC(=S)N(Cc1nnc(-c2ccc([N+](=O)[O-])cc2)o1)C(C)C. The van der Waals surface area contributed by atoms with Gasteiger partial charge in [0, 0.05) is 37.4 Å². The van der Waals surface area contributed by atoms with Gasteiger partial charge in [-0.25, -0.2) is 0 Å². The van der Waals surface area contributed by atoms with Crippen molar-refractivity contribution in [3.05, 3.63) is 40.3 Å². The van der Waals surface area contributed by atoms with Crippen LogP contribution in [0, 0.1) is 10.1 Å². The van der Waals surface area contributed by atoms with E-state index in [2.05, 4.69) is 15.5 Å². The molecule has 2 rings (SSSR count). The number of nitro benzene ring substituents is 1. The van der Waals surface area contributed by atoms with Crippen LogP contribution in [0.2, 0.25) is 0 Å². The van der Waals surface area contributed by atoms with Crippen LogP contribution >= 0.6 is 12.2 Å². The fourth-order valence-electron chi connectivity index (χ4n) is 2.16. The number of aromatic nitrogens is 2. The average Bonchev–Trinajstić information content (AvgIpc) is 3.08. The van der Waals surface area contributed by atoms with E-state index in [-0.39, 0.29) is 11.7 Å². The van der Waals surface area contributed by atoms with Crippen LogP contribution in [0.4, 0.5) is 5.69 Å². The highest BCUT2D eigenvalue weighted by Gasteiger charge is 2.18. The van der Waals surface area contributed by atoms with Crippen molar-refractivity contribution in [2.24, 2.45) is 0 Å². The number of nitrogens with zero attached hydrogens (tertiary/aromatic N) is 4. The Morgan fingerprint density at radius 3 is 2.65 bits per heavy atom. The van der Waals surface area contributed by atoms with E-state index in [4.69, 9.17) is 21.4 Å². The Balaban J connectivity index is 2.07. The van der Waals surface area contributed by atoms with Crippen molar-refractivity contribution in [2.45, 2.75) is 26.4 Å². The molecule has 0 aliphatic carbocycles. The summed E-state index contributed by atoms with van der Waals surface area (Å²) < 4.78 is 10.7. The predicted molar refractivity (Wildman–Crippen MR) is 99.5 cm³/mol. The summed E-state index contributed by atoms with van der Waals surface area (Å²) in [4.78, 5) is 12.2. The molecule has 0 saturated heterocycles. The fraction of sp³-hybridized carbons (Fsp3) is 0.438. The molecule has 10 heteroatoms. The molecular formula is C16H21N5O4S. The van der Waals surface area contributed by atoms with E-state index in [1.165, 1.54) is 12.1 Å². The Hall–Kier alpha value is -2.59. The number of methoxy groups -OCH3 is 1. The molecule has 0 aliphatic rings. The third-order valence-corrected chi connectivity index (χ3v) is 3.94. The van der Waals surface area contributed by atoms with Gasteiger partial charge in [0.25, 0.3) is 5.69 Å². The maximum Gasteiger partial charge on any atom is 0.269 e. The quantitative estimate of drug-likeness (QED) is 0.320. The fourth-order valence-corrected chi connectivity index (χ4v) is 2.53. The number of nitrogens with one attached hydrogen (secondary N) is 1. The first-order valence-corrected chi connectivity index (χ1v) is 8.43. The lowest BCUT2D eigenvalue weighted by atomic mass is 10.2.